The van der Waals surface area contributed by atoms with Gasteiger partial charge in [0.2, 0.25) is 0 Å². The van der Waals surface area contributed by atoms with Gasteiger partial charge in [-0.1, -0.05) is 91.0 Å². The third-order valence-electron chi connectivity index (χ3n) is 7.51. The molecule has 0 saturated heterocycles. The van der Waals surface area contributed by atoms with Crippen molar-refractivity contribution in [2.24, 2.45) is 0 Å². The summed E-state index contributed by atoms with van der Waals surface area (Å²) in [5.74, 6) is 0.536. The van der Waals surface area contributed by atoms with Gasteiger partial charge in [0.1, 0.15) is 0 Å². The summed E-state index contributed by atoms with van der Waals surface area (Å²) in [5, 5.41) is 0. The summed E-state index contributed by atoms with van der Waals surface area (Å²) < 4.78 is 5.22. The first-order valence-corrected chi connectivity index (χ1v) is 12.3. The lowest BCUT2D eigenvalue weighted by molar-refractivity contribution is -0.143. The Morgan fingerprint density at radius 1 is 0.676 bits per heavy atom. The summed E-state index contributed by atoms with van der Waals surface area (Å²) in [4.78, 5) is 12.1. The molecule has 2 nitrogen and oxygen atoms in total. The van der Waals surface area contributed by atoms with Crippen LogP contribution < -0.4 is 0 Å². The number of rotatable bonds is 6. The number of hydrogen-bond acceptors (Lipinski definition) is 2. The Hall–Kier alpha value is -3.65. The maximum absolute atomic E-state index is 12.1. The quantitative estimate of drug-likeness (QED) is 0.288. The Bertz CT molecular complexity index is 1340. The second-order valence-electron chi connectivity index (χ2n) is 9.29. The Kier molecular flexibility index (Phi) is 5.30. The van der Waals surface area contributed by atoms with E-state index in [2.05, 4.69) is 91.0 Å². The van der Waals surface area contributed by atoms with E-state index in [-0.39, 0.29) is 5.97 Å². The average Bonchev–Trinajstić information content (AvgIpc) is 3.37. The van der Waals surface area contributed by atoms with Crippen LogP contribution in [0.25, 0.3) is 22.3 Å². The zero-order valence-electron chi connectivity index (χ0n) is 19.5. The molecule has 168 valence electrons. The maximum Gasteiger partial charge on any atom is 0.306 e. The smallest absolute Gasteiger partial charge is 0.306 e. The number of benzene rings is 4. The first-order chi connectivity index (χ1) is 16.8. The molecule has 2 aliphatic rings. The molecular weight excluding hydrogens is 416 g/mol. The van der Waals surface area contributed by atoms with Crippen LogP contribution in [0.3, 0.4) is 0 Å². The second kappa shape index (κ2) is 8.61. The van der Waals surface area contributed by atoms with Crippen molar-refractivity contribution in [1.82, 2.24) is 0 Å². The van der Waals surface area contributed by atoms with Crippen molar-refractivity contribution in [2.75, 3.05) is 6.61 Å². The van der Waals surface area contributed by atoms with Crippen LogP contribution in [0.2, 0.25) is 0 Å². The summed E-state index contributed by atoms with van der Waals surface area (Å²) in [6.45, 7) is 2.29. The van der Waals surface area contributed by atoms with Gasteiger partial charge in [-0.15, -0.1) is 0 Å². The highest BCUT2D eigenvalue weighted by molar-refractivity contribution is 5.82. The van der Waals surface area contributed by atoms with Crippen molar-refractivity contribution in [3.05, 3.63) is 119 Å². The molecule has 0 radical (unpaired) electrons. The molecule has 6 rings (SSSR count). The number of esters is 1. The van der Waals surface area contributed by atoms with E-state index in [1.807, 2.05) is 6.92 Å². The lowest BCUT2D eigenvalue weighted by atomic mass is 9.81. The number of hydrogen-bond donors (Lipinski definition) is 0. The molecule has 0 heterocycles. The average molecular weight is 445 g/mol. The van der Waals surface area contributed by atoms with Crippen molar-refractivity contribution < 1.29 is 9.53 Å². The van der Waals surface area contributed by atoms with Gasteiger partial charge in [-0.2, -0.15) is 0 Å². The van der Waals surface area contributed by atoms with E-state index in [9.17, 15) is 4.79 Å². The summed E-state index contributed by atoms with van der Waals surface area (Å²) in [6.07, 6.45) is 2.15. The van der Waals surface area contributed by atoms with Gasteiger partial charge in [-0.05, 0) is 69.8 Å². The molecule has 0 amide bonds. The molecule has 4 aromatic carbocycles. The van der Waals surface area contributed by atoms with Gasteiger partial charge in [0.05, 0.1) is 6.61 Å². The van der Waals surface area contributed by atoms with Crippen molar-refractivity contribution in [1.29, 1.82) is 0 Å². The zero-order chi connectivity index (χ0) is 23.1. The summed E-state index contributed by atoms with van der Waals surface area (Å²) in [7, 11) is 0. The Balaban J connectivity index is 1.43. The van der Waals surface area contributed by atoms with Gasteiger partial charge in [-0.25, -0.2) is 0 Å². The summed E-state index contributed by atoms with van der Waals surface area (Å²) >= 11 is 0. The Morgan fingerprint density at radius 3 is 1.82 bits per heavy atom. The molecule has 0 N–H and O–H groups in total. The minimum atomic E-state index is -0.120. The van der Waals surface area contributed by atoms with Gasteiger partial charge < -0.3 is 4.74 Å². The minimum absolute atomic E-state index is 0.120. The van der Waals surface area contributed by atoms with E-state index in [0.717, 1.165) is 6.42 Å². The molecule has 2 heteroatoms. The molecule has 1 unspecified atom stereocenters. The van der Waals surface area contributed by atoms with Crippen molar-refractivity contribution in [2.45, 2.75) is 38.0 Å². The number of ether oxygens (including phenoxy) is 1. The highest BCUT2D eigenvalue weighted by atomic mass is 16.5. The summed E-state index contributed by atoms with van der Waals surface area (Å²) in [5.41, 5.74) is 12.3. The van der Waals surface area contributed by atoms with Crippen LogP contribution in [-0.4, -0.2) is 12.6 Å². The van der Waals surface area contributed by atoms with E-state index in [0.29, 0.717) is 31.3 Å². The number of carbonyl (C=O) groups excluding carboxylic acids is 1. The highest BCUT2D eigenvalue weighted by Crippen LogP contribution is 2.54. The maximum atomic E-state index is 12.1. The van der Waals surface area contributed by atoms with Gasteiger partial charge in [0.25, 0.3) is 0 Å². The third kappa shape index (κ3) is 3.37. The van der Waals surface area contributed by atoms with Crippen LogP contribution in [-0.2, 0) is 16.0 Å². The lowest BCUT2D eigenvalue weighted by Gasteiger charge is -2.22. The molecule has 2 aliphatic carbocycles. The molecule has 0 aliphatic heterocycles. The Labute approximate surface area is 201 Å². The molecule has 0 saturated carbocycles. The largest absolute Gasteiger partial charge is 0.466 e. The SMILES string of the molecule is CCOC(=O)CCc1cccc2c1C(CC1c3ccccc3-c3ccccc31)c1ccccc1-2. The number of aryl methyl sites for hydroxylation is 1. The predicted molar refractivity (Wildman–Crippen MR) is 137 cm³/mol. The van der Waals surface area contributed by atoms with E-state index in [4.69, 9.17) is 4.74 Å². The monoisotopic (exact) mass is 444 g/mol. The normalized spacial score (nSPS) is 15.4. The predicted octanol–water partition coefficient (Wildman–Crippen LogP) is 7.50. The van der Waals surface area contributed by atoms with Crippen molar-refractivity contribution in [3.8, 4) is 22.3 Å². The van der Waals surface area contributed by atoms with Crippen LogP contribution in [0, 0.1) is 0 Å². The van der Waals surface area contributed by atoms with Crippen molar-refractivity contribution >= 4 is 5.97 Å². The van der Waals surface area contributed by atoms with Gasteiger partial charge >= 0.3 is 5.97 Å². The molecule has 0 bridgehead atoms. The van der Waals surface area contributed by atoms with Crippen LogP contribution >= 0.6 is 0 Å². The molecule has 0 fully saturated rings. The first-order valence-electron chi connectivity index (χ1n) is 12.3. The summed E-state index contributed by atoms with van der Waals surface area (Å²) in [6, 6.07) is 33.2. The van der Waals surface area contributed by atoms with Crippen LogP contribution in [0.5, 0.6) is 0 Å². The number of fused-ring (bicyclic) bond motifs is 6. The molecule has 4 aromatic rings. The first kappa shape index (κ1) is 20.9. The van der Waals surface area contributed by atoms with Crippen LogP contribution in [0.15, 0.2) is 91.0 Å². The number of carbonyl (C=O) groups is 1. The standard InChI is InChI=1S/C32H28O2/c1-2-34-31(33)19-18-21-10-9-17-28-24-13-5-8-16-27(24)30(32(21)28)20-29-25-14-6-3-11-22(25)23-12-4-7-15-26(23)29/h3-17,29-30H,2,18-20H2,1H3. The minimum Gasteiger partial charge on any atom is -0.466 e. The van der Waals surface area contributed by atoms with E-state index < -0.39 is 0 Å². The Morgan fingerprint density at radius 2 is 1.21 bits per heavy atom. The fourth-order valence-electron chi connectivity index (χ4n) is 6.14. The fraction of sp³-hybridized carbons (Fsp3) is 0.219. The van der Waals surface area contributed by atoms with E-state index in [1.54, 1.807) is 0 Å². The zero-order valence-corrected chi connectivity index (χ0v) is 19.5. The molecule has 0 spiro atoms. The highest BCUT2D eigenvalue weighted by Gasteiger charge is 2.36. The van der Waals surface area contributed by atoms with Gasteiger partial charge in [0, 0.05) is 18.3 Å². The molecule has 0 aromatic heterocycles. The third-order valence-corrected chi connectivity index (χ3v) is 7.51. The van der Waals surface area contributed by atoms with E-state index in [1.165, 1.54) is 50.1 Å². The molecule has 1 atom stereocenters. The van der Waals surface area contributed by atoms with E-state index >= 15 is 0 Å². The fourth-order valence-corrected chi connectivity index (χ4v) is 6.14. The molecule has 34 heavy (non-hydrogen) atoms. The van der Waals surface area contributed by atoms with Crippen LogP contribution in [0.1, 0.15) is 59.4 Å². The second-order valence-corrected chi connectivity index (χ2v) is 9.29. The van der Waals surface area contributed by atoms with Crippen LogP contribution in [0.4, 0.5) is 0 Å². The van der Waals surface area contributed by atoms with Gasteiger partial charge in [-0.3, -0.25) is 4.79 Å². The van der Waals surface area contributed by atoms with Crippen molar-refractivity contribution in [3.63, 3.8) is 0 Å². The molecular formula is C32H28O2. The lowest BCUT2D eigenvalue weighted by Crippen LogP contribution is -2.09. The topological polar surface area (TPSA) is 26.3 Å². The van der Waals surface area contributed by atoms with Gasteiger partial charge in [0.15, 0.2) is 0 Å².